The summed E-state index contributed by atoms with van der Waals surface area (Å²) in [7, 11) is 3.21. The molecule has 0 saturated carbocycles. The van der Waals surface area contributed by atoms with Crippen molar-refractivity contribution in [3.63, 3.8) is 0 Å². The molecule has 7 heteroatoms. The molecule has 1 aliphatic rings. The number of hydrogen-bond acceptors (Lipinski definition) is 5. The van der Waals surface area contributed by atoms with E-state index in [9.17, 15) is 0 Å². The summed E-state index contributed by atoms with van der Waals surface area (Å²) in [4.78, 5) is 6.99. The van der Waals surface area contributed by atoms with Gasteiger partial charge in [-0.15, -0.1) is 0 Å². The van der Waals surface area contributed by atoms with Gasteiger partial charge in [-0.05, 0) is 17.7 Å². The number of rotatable bonds is 7. The molecule has 0 spiro atoms. The lowest BCUT2D eigenvalue weighted by Gasteiger charge is -2.34. The van der Waals surface area contributed by atoms with Gasteiger partial charge in [0, 0.05) is 24.8 Å². The van der Waals surface area contributed by atoms with Crippen LogP contribution in [0.1, 0.15) is 11.6 Å². The van der Waals surface area contributed by atoms with E-state index in [1.807, 2.05) is 24.3 Å². The number of benzene rings is 2. The quantitative estimate of drug-likeness (QED) is 0.564. The van der Waals surface area contributed by atoms with E-state index in [1.165, 1.54) is 5.56 Å². The number of morpholine rings is 1. The number of hydrogen-bond donors (Lipinski definition) is 2. The SMILES string of the molecule is COc1ccc(NC(N)=NCC(c2ccccc2)N2CCOCC2)cc1OC. The molecule has 1 aliphatic heterocycles. The van der Waals surface area contributed by atoms with Gasteiger partial charge in [0.25, 0.3) is 0 Å². The van der Waals surface area contributed by atoms with E-state index >= 15 is 0 Å². The van der Waals surface area contributed by atoms with E-state index in [4.69, 9.17) is 19.9 Å². The molecule has 1 heterocycles. The van der Waals surface area contributed by atoms with Crippen molar-refractivity contribution in [3.05, 3.63) is 54.1 Å². The van der Waals surface area contributed by atoms with Crippen LogP contribution in [-0.2, 0) is 4.74 Å². The van der Waals surface area contributed by atoms with Gasteiger partial charge >= 0.3 is 0 Å². The van der Waals surface area contributed by atoms with E-state index in [0.29, 0.717) is 24.0 Å². The summed E-state index contributed by atoms with van der Waals surface area (Å²) in [6.45, 7) is 3.82. The predicted molar refractivity (Wildman–Crippen MR) is 111 cm³/mol. The van der Waals surface area contributed by atoms with Gasteiger partial charge < -0.3 is 25.3 Å². The van der Waals surface area contributed by atoms with Crippen molar-refractivity contribution >= 4 is 11.6 Å². The average molecular weight is 384 g/mol. The van der Waals surface area contributed by atoms with E-state index in [2.05, 4.69) is 39.5 Å². The zero-order valence-corrected chi connectivity index (χ0v) is 16.4. The monoisotopic (exact) mass is 384 g/mol. The molecule has 0 aromatic heterocycles. The number of nitrogens with one attached hydrogen (secondary N) is 1. The summed E-state index contributed by atoms with van der Waals surface area (Å²) in [5, 5.41) is 3.13. The van der Waals surface area contributed by atoms with Crippen LogP contribution in [0.3, 0.4) is 0 Å². The first kappa shape index (κ1) is 20.0. The molecule has 28 heavy (non-hydrogen) atoms. The molecule has 1 atom stereocenters. The fourth-order valence-corrected chi connectivity index (χ4v) is 3.28. The number of guanidine groups is 1. The van der Waals surface area contributed by atoms with E-state index in [1.54, 1.807) is 14.2 Å². The molecule has 1 fully saturated rings. The molecule has 2 aromatic carbocycles. The highest BCUT2D eigenvalue weighted by molar-refractivity contribution is 5.92. The minimum atomic E-state index is 0.163. The van der Waals surface area contributed by atoms with Crippen molar-refractivity contribution in [2.45, 2.75) is 6.04 Å². The molecule has 7 nitrogen and oxygen atoms in total. The van der Waals surface area contributed by atoms with Crippen LogP contribution in [0.5, 0.6) is 11.5 Å². The maximum atomic E-state index is 6.15. The van der Waals surface area contributed by atoms with Crippen LogP contribution in [0, 0.1) is 0 Å². The second-order valence-electron chi connectivity index (χ2n) is 6.50. The van der Waals surface area contributed by atoms with Crippen LogP contribution in [0.4, 0.5) is 5.69 Å². The Kier molecular flexibility index (Phi) is 7.11. The van der Waals surface area contributed by atoms with Crippen molar-refractivity contribution in [2.75, 3.05) is 52.4 Å². The Labute approximate surface area is 166 Å². The number of ether oxygens (including phenoxy) is 3. The molecule has 0 radical (unpaired) electrons. The summed E-state index contributed by atoms with van der Waals surface area (Å²) in [6.07, 6.45) is 0. The summed E-state index contributed by atoms with van der Waals surface area (Å²) in [6, 6.07) is 16.1. The van der Waals surface area contributed by atoms with Gasteiger partial charge in [-0.3, -0.25) is 9.89 Å². The second kappa shape index (κ2) is 9.96. The molecular weight excluding hydrogens is 356 g/mol. The van der Waals surface area contributed by atoms with Crippen LogP contribution in [0.15, 0.2) is 53.5 Å². The van der Waals surface area contributed by atoms with Gasteiger partial charge in [0.1, 0.15) is 0 Å². The zero-order chi connectivity index (χ0) is 19.8. The topological polar surface area (TPSA) is 81.3 Å². The Morgan fingerprint density at radius 1 is 1.11 bits per heavy atom. The van der Waals surface area contributed by atoms with Crippen molar-refractivity contribution in [1.82, 2.24) is 4.90 Å². The minimum absolute atomic E-state index is 0.163. The summed E-state index contributed by atoms with van der Waals surface area (Å²) in [5.74, 6) is 1.66. The first-order chi connectivity index (χ1) is 13.7. The second-order valence-corrected chi connectivity index (χ2v) is 6.50. The highest BCUT2D eigenvalue weighted by Crippen LogP contribution is 2.29. The van der Waals surface area contributed by atoms with Crippen molar-refractivity contribution < 1.29 is 14.2 Å². The van der Waals surface area contributed by atoms with Crippen LogP contribution < -0.4 is 20.5 Å². The van der Waals surface area contributed by atoms with Crippen molar-refractivity contribution in [3.8, 4) is 11.5 Å². The largest absolute Gasteiger partial charge is 0.493 e. The van der Waals surface area contributed by atoms with Crippen LogP contribution in [-0.4, -0.2) is 57.9 Å². The van der Waals surface area contributed by atoms with Gasteiger partial charge in [0.15, 0.2) is 17.5 Å². The summed E-state index contributed by atoms with van der Waals surface area (Å²) < 4.78 is 16.1. The number of anilines is 1. The molecule has 0 amide bonds. The van der Waals surface area contributed by atoms with E-state index < -0.39 is 0 Å². The Morgan fingerprint density at radius 2 is 1.82 bits per heavy atom. The standard InChI is InChI=1S/C21H28N4O3/c1-26-19-9-8-17(14-20(19)27-2)24-21(22)23-15-18(16-6-4-3-5-7-16)25-10-12-28-13-11-25/h3-9,14,18H,10-13,15H2,1-2H3,(H3,22,23,24). The minimum Gasteiger partial charge on any atom is -0.493 e. The van der Waals surface area contributed by atoms with Gasteiger partial charge in [0.2, 0.25) is 0 Å². The molecule has 1 unspecified atom stereocenters. The Morgan fingerprint density at radius 3 is 2.50 bits per heavy atom. The fourth-order valence-electron chi connectivity index (χ4n) is 3.28. The first-order valence-electron chi connectivity index (χ1n) is 9.37. The predicted octanol–water partition coefficient (Wildman–Crippen LogP) is 2.50. The number of nitrogens with two attached hydrogens (primary N) is 1. The molecule has 3 rings (SSSR count). The summed E-state index contributed by atoms with van der Waals surface area (Å²) in [5.41, 5.74) is 8.17. The van der Waals surface area contributed by atoms with Crippen LogP contribution >= 0.6 is 0 Å². The smallest absolute Gasteiger partial charge is 0.193 e. The summed E-state index contributed by atoms with van der Waals surface area (Å²) >= 11 is 0. The average Bonchev–Trinajstić information content (AvgIpc) is 2.75. The molecule has 3 N–H and O–H groups in total. The van der Waals surface area contributed by atoms with E-state index in [-0.39, 0.29) is 6.04 Å². The Hall–Kier alpha value is -2.77. The number of aliphatic imine (C=N–C) groups is 1. The highest BCUT2D eigenvalue weighted by Gasteiger charge is 2.22. The van der Waals surface area contributed by atoms with Crippen molar-refractivity contribution in [1.29, 1.82) is 0 Å². The maximum Gasteiger partial charge on any atom is 0.193 e. The van der Waals surface area contributed by atoms with Crippen molar-refractivity contribution in [2.24, 2.45) is 10.7 Å². The molecule has 150 valence electrons. The van der Waals surface area contributed by atoms with Gasteiger partial charge in [0.05, 0.1) is 40.0 Å². The molecule has 1 saturated heterocycles. The van der Waals surface area contributed by atoms with Crippen LogP contribution in [0.25, 0.3) is 0 Å². The third kappa shape index (κ3) is 5.15. The molecule has 2 aromatic rings. The lowest BCUT2D eigenvalue weighted by molar-refractivity contribution is 0.0180. The fraction of sp³-hybridized carbons (Fsp3) is 0.381. The highest BCUT2D eigenvalue weighted by atomic mass is 16.5. The molecule has 0 bridgehead atoms. The lowest BCUT2D eigenvalue weighted by Crippen LogP contribution is -2.40. The number of nitrogens with zero attached hydrogens (tertiary/aromatic N) is 2. The van der Waals surface area contributed by atoms with E-state index in [0.717, 1.165) is 32.0 Å². The van der Waals surface area contributed by atoms with Crippen LogP contribution in [0.2, 0.25) is 0 Å². The zero-order valence-electron chi connectivity index (χ0n) is 16.4. The molecule has 0 aliphatic carbocycles. The lowest BCUT2D eigenvalue weighted by atomic mass is 10.1. The Balaban J connectivity index is 1.71. The first-order valence-corrected chi connectivity index (χ1v) is 9.37. The maximum absolute atomic E-state index is 6.15. The normalized spacial score (nSPS) is 16.4. The third-order valence-electron chi connectivity index (χ3n) is 4.76. The van der Waals surface area contributed by atoms with Gasteiger partial charge in [-0.1, -0.05) is 30.3 Å². The van der Waals surface area contributed by atoms with Gasteiger partial charge in [-0.2, -0.15) is 0 Å². The number of methoxy groups -OCH3 is 2. The molecular formula is C21H28N4O3. The Bertz CT molecular complexity index is 776. The van der Waals surface area contributed by atoms with Gasteiger partial charge in [-0.25, -0.2) is 0 Å². The third-order valence-corrected chi connectivity index (χ3v) is 4.76.